The molecule has 0 atom stereocenters. The monoisotopic (exact) mass is 279 g/mol. The molecule has 0 heterocycles. The minimum Gasteiger partial charge on any atom is -0.384 e. The van der Waals surface area contributed by atoms with Crippen LogP contribution >= 0.6 is 0 Å². The number of hydrogen-bond donors (Lipinski definition) is 2. The molecule has 0 saturated heterocycles. The minimum atomic E-state index is -3.53. The van der Waals surface area contributed by atoms with Crippen LogP contribution < -0.4 is 4.72 Å². The van der Waals surface area contributed by atoms with Gasteiger partial charge in [0.2, 0.25) is 10.0 Å². The van der Waals surface area contributed by atoms with Gasteiger partial charge in [0.1, 0.15) is 6.61 Å². The zero-order chi connectivity index (χ0) is 13.9. The summed E-state index contributed by atoms with van der Waals surface area (Å²) in [6.07, 6.45) is 2.18. The molecule has 0 aliphatic heterocycles. The Bertz CT molecular complexity index is 622. The molecular weight excluding hydrogens is 262 g/mol. The smallest absolute Gasteiger partial charge is 0.241 e. The first-order valence-corrected chi connectivity index (χ1v) is 7.71. The third kappa shape index (κ3) is 3.80. The van der Waals surface area contributed by atoms with Gasteiger partial charge in [-0.25, -0.2) is 13.1 Å². The second kappa shape index (κ2) is 5.74. The number of aliphatic hydroxyl groups excluding tert-OH is 1. The molecule has 1 fully saturated rings. The first-order valence-electron chi connectivity index (χ1n) is 6.23. The number of sulfonamides is 1. The Balaban J connectivity index is 2.30. The van der Waals surface area contributed by atoms with Crippen molar-refractivity contribution >= 4 is 10.0 Å². The summed E-state index contributed by atoms with van der Waals surface area (Å²) in [4.78, 5) is 0.180. The van der Waals surface area contributed by atoms with Crippen LogP contribution in [0.25, 0.3) is 0 Å². The lowest BCUT2D eigenvalue weighted by atomic mass is 10.1. The maximum atomic E-state index is 12.2. The van der Waals surface area contributed by atoms with E-state index in [0.29, 0.717) is 18.0 Å². The predicted octanol–water partition coefficient (Wildman–Crippen LogP) is 1.03. The van der Waals surface area contributed by atoms with E-state index in [1.807, 2.05) is 6.92 Å². The van der Waals surface area contributed by atoms with Crippen LogP contribution in [0, 0.1) is 24.7 Å². The van der Waals surface area contributed by atoms with E-state index in [2.05, 4.69) is 16.6 Å². The van der Waals surface area contributed by atoms with Gasteiger partial charge in [0.15, 0.2) is 0 Å². The fraction of sp³-hybridized carbons (Fsp3) is 0.429. The van der Waals surface area contributed by atoms with E-state index < -0.39 is 10.0 Å². The number of aliphatic hydroxyl groups is 1. The van der Waals surface area contributed by atoms with Gasteiger partial charge in [-0.2, -0.15) is 0 Å². The van der Waals surface area contributed by atoms with E-state index in [9.17, 15) is 8.42 Å². The molecule has 102 valence electrons. The van der Waals surface area contributed by atoms with Crippen molar-refractivity contribution in [3.05, 3.63) is 29.3 Å². The molecule has 0 radical (unpaired) electrons. The van der Waals surface area contributed by atoms with Crippen molar-refractivity contribution in [2.75, 3.05) is 13.2 Å². The topological polar surface area (TPSA) is 66.4 Å². The average molecular weight is 279 g/mol. The normalized spacial score (nSPS) is 14.8. The van der Waals surface area contributed by atoms with E-state index in [1.54, 1.807) is 18.2 Å². The van der Waals surface area contributed by atoms with Gasteiger partial charge in [-0.1, -0.05) is 17.9 Å². The molecule has 0 amide bonds. The largest absolute Gasteiger partial charge is 0.384 e. The lowest BCUT2D eigenvalue weighted by Gasteiger charge is -2.08. The van der Waals surface area contributed by atoms with Crippen molar-refractivity contribution in [3.63, 3.8) is 0 Å². The molecule has 1 aromatic carbocycles. The highest BCUT2D eigenvalue weighted by atomic mass is 32.2. The van der Waals surface area contributed by atoms with E-state index in [0.717, 1.165) is 18.4 Å². The van der Waals surface area contributed by atoms with Crippen LogP contribution in [0.1, 0.15) is 24.0 Å². The molecule has 19 heavy (non-hydrogen) atoms. The van der Waals surface area contributed by atoms with Crippen LogP contribution in [-0.2, 0) is 10.0 Å². The van der Waals surface area contributed by atoms with Gasteiger partial charge in [-0.3, -0.25) is 0 Å². The third-order valence-electron chi connectivity index (χ3n) is 2.99. The highest BCUT2D eigenvalue weighted by Crippen LogP contribution is 2.28. The van der Waals surface area contributed by atoms with Crippen LogP contribution in [0.2, 0.25) is 0 Å². The zero-order valence-corrected chi connectivity index (χ0v) is 11.6. The summed E-state index contributed by atoms with van der Waals surface area (Å²) >= 11 is 0. The number of benzene rings is 1. The van der Waals surface area contributed by atoms with Gasteiger partial charge in [-0.15, -0.1) is 0 Å². The first kappa shape index (κ1) is 14.1. The fourth-order valence-corrected chi connectivity index (χ4v) is 3.00. The molecule has 4 nitrogen and oxygen atoms in total. The Kier molecular flexibility index (Phi) is 4.25. The third-order valence-corrected chi connectivity index (χ3v) is 4.47. The number of rotatable bonds is 4. The first-order chi connectivity index (χ1) is 9.03. The van der Waals surface area contributed by atoms with Crippen molar-refractivity contribution in [1.82, 2.24) is 4.72 Å². The summed E-state index contributed by atoms with van der Waals surface area (Å²) in [5.74, 6) is 5.67. The van der Waals surface area contributed by atoms with Crippen molar-refractivity contribution in [2.45, 2.75) is 24.7 Å². The number of nitrogens with one attached hydrogen (secondary N) is 1. The molecule has 1 aromatic rings. The molecule has 2 rings (SSSR count). The number of hydrogen-bond acceptors (Lipinski definition) is 3. The molecule has 0 bridgehead atoms. The Hall–Kier alpha value is -1.35. The predicted molar refractivity (Wildman–Crippen MR) is 73.1 cm³/mol. The number of aryl methyl sites for hydroxylation is 1. The molecular formula is C14H17NO3S. The van der Waals surface area contributed by atoms with Crippen LogP contribution in [0.5, 0.6) is 0 Å². The lowest BCUT2D eigenvalue weighted by Crippen LogP contribution is -2.26. The molecule has 0 spiro atoms. The van der Waals surface area contributed by atoms with E-state index in [1.165, 1.54) is 0 Å². The molecule has 1 aliphatic carbocycles. The maximum absolute atomic E-state index is 12.2. The van der Waals surface area contributed by atoms with Gasteiger partial charge in [0, 0.05) is 12.1 Å². The van der Waals surface area contributed by atoms with Crippen molar-refractivity contribution < 1.29 is 13.5 Å². The Morgan fingerprint density at radius 1 is 1.42 bits per heavy atom. The summed E-state index contributed by atoms with van der Waals surface area (Å²) in [6.45, 7) is 2.07. The van der Waals surface area contributed by atoms with Crippen molar-refractivity contribution in [1.29, 1.82) is 0 Å². The summed E-state index contributed by atoms with van der Waals surface area (Å²) in [6, 6.07) is 5.02. The molecule has 2 N–H and O–H groups in total. The van der Waals surface area contributed by atoms with Crippen LogP contribution in [0.15, 0.2) is 23.1 Å². The van der Waals surface area contributed by atoms with Gasteiger partial charge in [0.25, 0.3) is 0 Å². The minimum absolute atomic E-state index is 0.180. The SMILES string of the molecule is Cc1ccc(S(=O)(=O)NCC2CC2)c(C#CCO)c1. The zero-order valence-electron chi connectivity index (χ0n) is 10.8. The summed E-state index contributed by atoms with van der Waals surface area (Å²) in [7, 11) is -3.53. The fourth-order valence-electron chi connectivity index (χ4n) is 1.74. The Labute approximate surface area is 113 Å². The molecule has 5 heteroatoms. The molecule has 0 unspecified atom stereocenters. The van der Waals surface area contributed by atoms with Gasteiger partial charge in [0.05, 0.1) is 4.90 Å². The molecule has 0 aromatic heterocycles. The summed E-state index contributed by atoms with van der Waals surface area (Å²) < 4.78 is 27.1. The Morgan fingerprint density at radius 3 is 2.79 bits per heavy atom. The second-order valence-corrected chi connectivity index (χ2v) is 6.49. The highest BCUT2D eigenvalue weighted by molar-refractivity contribution is 7.89. The van der Waals surface area contributed by atoms with Crippen LogP contribution in [-0.4, -0.2) is 26.7 Å². The summed E-state index contributed by atoms with van der Waals surface area (Å²) in [5, 5.41) is 8.74. The Morgan fingerprint density at radius 2 is 2.16 bits per heavy atom. The lowest BCUT2D eigenvalue weighted by molar-refractivity contribution is 0.350. The van der Waals surface area contributed by atoms with E-state index in [-0.39, 0.29) is 11.5 Å². The van der Waals surface area contributed by atoms with Crippen LogP contribution in [0.4, 0.5) is 0 Å². The molecule has 1 saturated carbocycles. The van der Waals surface area contributed by atoms with Gasteiger partial charge in [-0.05, 0) is 43.4 Å². The second-order valence-electron chi connectivity index (χ2n) is 4.75. The van der Waals surface area contributed by atoms with Crippen LogP contribution in [0.3, 0.4) is 0 Å². The van der Waals surface area contributed by atoms with Crippen molar-refractivity contribution in [2.24, 2.45) is 5.92 Å². The van der Waals surface area contributed by atoms with Gasteiger partial charge < -0.3 is 5.11 Å². The maximum Gasteiger partial charge on any atom is 0.241 e. The average Bonchev–Trinajstić information content (AvgIpc) is 3.18. The quantitative estimate of drug-likeness (QED) is 0.809. The van der Waals surface area contributed by atoms with E-state index in [4.69, 9.17) is 5.11 Å². The van der Waals surface area contributed by atoms with Crippen molar-refractivity contribution in [3.8, 4) is 11.8 Å². The standard InChI is InChI=1S/C14H17NO3S/c1-11-4-7-14(13(9-11)3-2-8-16)19(17,18)15-10-12-5-6-12/h4,7,9,12,15-16H,5-6,8,10H2,1H3. The van der Waals surface area contributed by atoms with Gasteiger partial charge >= 0.3 is 0 Å². The van der Waals surface area contributed by atoms with E-state index >= 15 is 0 Å². The molecule has 1 aliphatic rings. The summed E-state index contributed by atoms with van der Waals surface area (Å²) in [5.41, 5.74) is 1.36. The highest BCUT2D eigenvalue weighted by Gasteiger charge is 2.25.